The summed E-state index contributed by atoms with van der Waals surface area (Å²) in [6.07, 6.45) is 5.59. The smallest absolute Gasteiger partial charge is 0.131 e. The Morgan fingerprint density at radius 2 is 2.07 bits per heavy atom. The average molecular weight is 206 g/mol. The molecule has 1 saturated carbocycles. The Morgan fingerprint density at radius 1 is 1.33 bits per heavy atom. The lowest BCUT2D eigenvalue weighted by Crippen LogP contribution is -2.33. The van der Waals surface area contributed by atoms with Crippen LogP contribution in [0.5, 0.6) is 0 Å². The fourth-order valence-corrected chi connectivity index (χ4v) is 1.85. The Morgan fingerprint density at radius 3 is 2.67 bits per heavy atom. The lowest BCUT2D eigenvalue weighted by molar-refractivity contribution is 0.180. The average Bonchev–Trinajstić information content (AvgIpc) is 2.24. The van der Waals surface area contributed by atoms with Crippen LogP contribution in [0.2, 0.25) is 0 Å². The lowest BCUT2D eigenvalue weighted by atomic mass is 9.70. The molecular weight excluding hydrogens is 188 g/mol. The SMILES string of the molecule is CNc1cc(NCC2(C)CCC2)ncn1. The van der Waals surface area contributed by atoms with E-state index in [0.29, 0.717) is 5.41 Å². The number of hydrogen-bond donors (Lipinski definition) is 2. The van der Waals surface area contributed by atoms with Gasteiger partial charge in [0.2, 0.25) is 0 Å². The summed E-state index contributed by atoms with van der Waals surface area (Å²) in [5.41, 5.74) is 0.477. The second-order valence-corrected chi connectivity index (χ2v) is 4.56. The van der Waals surface area contributed by atoms with Gasteiger partial charge < -0.3 is 10.6 Å². The molecule has 4 nitrogen and oxygen atoms in total. The molecule has 1 heterocycles. The first-order chi connectivity index (χ1) is 7.22. The summed E-state index contributed by atoms with van der Waals surface area (Å²) in [6, 6.07) is 1.93. The van der Waals surface area contributed by atoms with E-state index in [9.17, 15) is 0 Å². The largest absolute Gasteiger partial charge is 0.373 e. The molecule has 2 rings (SSSR count). The van der Waals surface area contributed by atoms with Gasteiger partial charge in [-0.15, -0.1) is 0 Å². The summed E-state index contributed by atoms with van der Waals surface area (Å²) in [5.74, 6) is 1.76. The van der Waals surface area contributed by atoms with Gasteiger partial charge in [0.1, 0.15) is 18.0 Å². The molecule has 1 fully saturated rings. The van der Waals surface area contributed by atoms with Crippen LogP contribution < -0.4 is 10.6 Å². The Bertz CT molecular complexity index is 333. The number of nitrogens with zero attached hydrogens (tertiary/aromatic N) is 2. The first-order valence-electron chi connectivity index (χ1n) is 5.46. The third-order valence-corrected chi connectivity index (χ3v) is 3.18. The van der Waals surface area contributed by atoms with Gasteiger partial charge in [0.15, 0.2) is 0 Å². The normalized spacial score (nSPS) is 18.0. The standard InChI is InChI=1S/C11H18N4/c1-11(4-3-5-11)7-13-10-6-9(12-2)14-8-15-10/h6,8H,3-5,7H2,1-2H3,(H2,12,13,14,15). The minimum atomic E-state index is 0.477. The fourth-order valence-electron chi connectivity index (χ4n) is 1.85. The maximum Gasteiger partial charge on any atom is 0.131 e. The summed E-state index contributed by atoms with van der Waals surface area (Å²) < 4.78 is 0. The van der Waals surface area contributed by atoms with Crippen molar-refractivity contribution >= 4 is 11.6 Å². The first-order valence-corrected chi connectivity index (χ1v) is 5.46. The van der Waals surface area contributed by atoms with Gasteiger partial charge in [-0.25, -0.2) is 9.97 Å². The van der Waals surface area contributed by atoms with Crippen LogP contribution in [0.1, 0.15) is 26.2 Å². The molecule has 1 aromatic rings. The van der Waals surface area contributed by atoms with E-state index in [1.807, 2.05) is 13.1 Å². The summed E-state index contributed by atoms with van der Waals surface area (Å²) in [7, 11) is 1.86. The molecule has 0 amide bonds. The van der Waals surface area contributed by atoms with Crippen molar-refractivity contribution in [2.24, 2.45) is 5.41 Å². The summed E-state index contributed by atoms with van der Waals surface area (Å²) in [5, 5.41) is 6.37. The molecule has 0 atom stereocenters. The van der Waals surface area contributed by atoms with Crippen LogP contribution in [0.25, 0.3) is 0 Å². The monoisotopic (exact) mass is 206 g/mol. The Hall–Kier alpha value is -1.32. The number of rotatable bonds is 4. The van der Waals surface area contributed by atoms with E-state index in [1.165, 1.54) is 19.3 Å². The highest BCUT2D eigenvalue weighted by atomic mass is 15.1. The second kappa shape index (κ2) is 4.04. The molecule has 0 bridgehead atoms. The molecule has 0 aromatic carbocycles. The molecule has 82 valence electrons. The molecule has 1 aliphatic rings. The van der Waals surface area contributed by atoms with Crippen LogP contribution in [-0.2, 0) is 0 Å². The summed E-state index contributed by atoms with van der Waals surface area (Å²) in [6.45, 7) is 3.33. The third kappa shape index (κ3) is 2.37. The van der Waals surface area contributed by atoms with Gasteiger partial charge in [0.25, 0.3) is 0 Å². The van der Waals surface area contributed by atoms with Gasteiger partial charge in [-0.1, -0.05) is 13.3 Å². The van der Waals surface area contributed by atoms with Crippen molar-refractivity contribution in [3.8, 4) is 0 Å². The van der Waals surface area contributed by atoms with Gasteiger partial charge >= 0.3 is 0 Å². The Labute approximate surface area is 90.5 Å². The molecule has 1 aromatic heterocycles. The molecule has 0 unspecified atom stereocenters. The van der Waals surface area contributed by atoms with E-state index in [2.05, 4.69) is 27.5 Å². The maximum atomic E-state index is 4.19. The van der Waals surface area contributed by atoms with Gasteiger partial charge in [-0.2, -0.15) is 0 Å². The van der Waals surface area contributed by atoms with E-state index in [0.717, 1.165) is 18.2 Å². The zero-order valence-corrected chi connectivity index (χ0v) is 9.38. The van der Waals surface area contributed by atoms with Crippen molar-refractivity contribution < 1.29 is 0 Å². The van der Waals surface area contributed by atoms with Crippen LogP contribution in [0, 0.1) is 5.41 Å². The molecule has 1 aliphatic carbocycles. The molecule has 0 spiro atoms. The van der Waals surface area contributed by atoms with E-state index in [1.54, 1.807) is 6.33 Å². The highest BCUT2D eigenvalue weighted by Gasteiger charge is 2.31. The highest BCUT2D eigenvalue weighted by Crippen LogP contribution is 2.40. The zero-order chi connectivity index (χ0) is 10.7. The maximum absolute atomic E-state index is 4.19. The molecule has 2 N–H and O–H groups in total. The van der Waals surface area contributed by atoms with Crippen molar-refractivity contribution in [2.75, 3.05) is 24.2 Å². The molecule has 0 saturated heterocycles. The quantitative estimate of drug-likeness (QED) is 0.792. The lowest BCUT2D eigenvalue weighted by Gasteiger charge is -2.38. The molecular formula is C11H18N4. The molecule has 0 aliphatic heterocycles. The predicted octanol–water partition coefficient (Wildman–Crippen LogP) is 2.12. The summed E-state index contributed by atoms with van der Waals surface area (Å²) >= 11 is 0. The van der Waals surface area contributed by atoms with Crippen molar-refractivity contribution in [2.45, 2.75) is 26.2 Å². The van der Waals surface area contributed by atoms with Crippen LogP contribution in [-0.4, -0.2) is 23.6 Å². The third-order valence-electron chi connectivity index (χ3n) is 3.18. The Balaban J connectivity index is 1.92. The fraction of sp³-hybridized carbons (Fsp3) is 0.636. The van der Waals surface area contributed by atoms with Crippen LogP contribution in [0.3, 0.4) is 0 Å². The molecule has 15 heavy (non-hydrogen) atoms. The zero-order valence-electron chi connectivity index (χ0n) is 9.38. The van der Waals surface area contributed by atoms with E-state index in [-0.39, 0.29) is 0 Å². The van der Waals surface area contributed by atoms with Gasteiger partial charge in [-0.05, 0) is 18.3 Å². The second-order valence-electron chi connectivity index (χ2n) is 4.56. The van der Waals surface area contributed by atoms with Gasteiger partial charge in [0.05, 0.1) is 0 Å². The number of nitrogens with one attached hydrogen (secondary N) is 2. The van der Waals surface area contributed by atoms with Gasteiger partial charge in [-0.3, -0.25) is 0 Å². The number of aromatic nitrogens is 2. The Kier molecular flexibility index (Phi) is 2.75. The minimum absolute atomic E-state index is 0.477. The van der Waals surface area contributed by atoms with E-state index in [4.69, 9.17) is 0 Å². The first kappa shape index (κ1) is 10.2. The van der Waals surface area contributed by atoms with E-state index >= 15 is 0 Å². The van der Waals surface area contributed by atoms with Gasteiger partial charge in [0, 0.05) is 19.7 Å². The minimum Gasteiger partial charge on any atom is -0.373 e. The highest BCUT2D eigenvalue weighted by molar-refractivity contribution is 5.46. The topological polar surface area (TPSA) is 49.8 Å². The predicted molar refractivity (Wildman–Crippen MR) is 62.0 cm³/mol. The molecule has 4 heteroatoms. The van der Waals surface area contributed by atoms with Crippen molar-refractivity contribution in [1.29, 1.82) is 0 Å². The molecule has 0 radical (unpaired) electrons. The van der Waals surface area contributed by atoms with Crippen LogP contribution in [0.15, 0.2) is 12.4 Å². The van der Waals surface area contributed by atoms with Crippen molar-refractivity contribution in [3.05, 3.63) is 12.4 Å². The van der Waals surface area contributed by atoms with E-state index < -0.39 is 0 Å². The van der Waals surface area contributed by atoms with Crippen LogP contribution >= 0.6 is 0 Å². The van der Waals surface area contributed by atoms with Crippen molar-refractivity contribution in [1.82, 2.24) is 9.97 Å². The van der Waals surface area contributed by atoms with Crippen LogP contribution in [0.4, 0.5) is 11.6 Å². The van der Waals surface area contributed by atoms with Crippen molar-refractivity contribution in [3.63, 3.8) is 0 Å². The summed E-state index contributed by atoms with van der Waals surface area (Å²) in [4.78, 5) is 8.26. The number of hydrogen-bond acceptors (Lipinski definition) is 4. The number of anilines is 2.